The number of nitrogens with zero attached hydrogens (tertiary/aromatic N) is 3. The van der Waals surface area contributed by atoms with Crippen LogP contribution >= 0.6 is 15.9 Å². The molecule has 0 aliphatic rings. The van der Waals surface area contributed by atoms with Crippen LogP contribution in [0.2, 0.25) is 0 Å². The summed E-state index contributed by atoms with van der Waals surface area (Å²) in [5.74, 6) is 1.45. The molecule has 1 heterocycles. The van der Waals surface area contributed by atoms with Crippen LogP contribution in [0.15, 0.2) is 12.4 Å². The molecule has 4 nitrogen and oxygen atoms in total. The summed E-state index contributed by atoms with van der Waals surface area (Å²) in [6, 6.07) is 0.392. The zero-order chi connectivity index (χ0) is 12.0. The maximum absolute atomic E-state index is 5.34. The van der Waals surface area contributed by atoms with Crippen LogP contribution in [0.3, 0.4) is 0 Å². The highest BCUT2D eigenvalue weighted by atomic mass is 79.9. The van der Waals surface area contributed by atoms with Gasteiger partial charge in [0.05, 0.1) is 19.0 Å². The SMILES string of the molecule is CCOc1cncc(N(CCBr)C(C)C)n1. The molecule has 0 aliphatic heterocycles. The molecule has 0 radical (unpaired) electrons. The molecular formula is C11H18BrN3O. The van der Waals surface area contributed by atoms with Gasteiger partial charge in [0.25, 0.3) is 0 Å². The third kappa shape index (κ3) is 3.63. The smallest absolute Gasteiger partial charge is 0.234 e. The standard InChI is InChI=1S/C11H18BrN3O/c1-4-16-11-8-13-7-10(14-11)15(6-5-12)9(2)3/h7-9H,4-6H2,1-3H3. The van der Waals surface area contributed by atoms with Gasteiger partial charge >= 0.3 is 0 Å². The lowest BCUT2D eigenvalue weighted by molar-refractivity contribution is 0.325. The van der Waals surface area contributed by atoms with Gasteiger partial charge in [0.2, 0.25) is 5.88 Å². The Bertz CT molecular complexity index is 320. The topological polar surface area (TPSA) is 38.2 Å². The van der Waals surface area contributed by atoms with Crippen molar-refractivity contribution in [1.29, 1.82) is 0 Å². The molecular weight excluding hydrogens is 270 g/mol. The second-order valence-corrected chi connectivity index (χ2v) is 4.42. The zero-order valence-electron chi connectivity index (χ0n) is 9.98. The Labute approximate surface area is 105 Å². The monoisotopic (exact) mass is 287 g/mol. The normalized spacial score (nSPS) is 10.6. The van der Waals surface area contributed by atoms with E-state index in [1.807, 2.05) is 6.92 Å². The van der Waals surface area contributed by atoms with E-state index in [4.69, 9.17) is 4.74 Å². The van der Waals surface area contributed by atoms with Crippen LogP contribution in [0, 0.1) is 0 Å². The van der Waals surface area contributed by atoms with Gasteiger partial charge in [-0.3, -0.25) is 4.98 Å². The molecule has 0 aliphatic carbocycles. The third-order valence-electron chi connectivity index (χ3n) is 2.13. The summed E-state index contributed by atoms with van der Waals surface area (Å²) >= 11 is 3.44. The average Bonchev–Trinajstić information content (AvgIpc) is 2.26. The summed E-state index contributed by atoms with van der Waals surface area (Å²) in [5, 5.41) is 0.908. The highest BCUT2D eigenvalue weighted by Crippen LogP contribution is 2.16. The van der Waals surface area contributed by atoms with E-state index in [1.165, 1.54) is 0 Å². The van der Waals surface area contributed by atoms with E-state index in [1.54, 1.807) is 12.4 Å². The number of aromatic nitrogens is 2. The molecule has 0 aromatic carbocycles. The highest BCUT2D eigenvalue weighted by Gasteiger charge is 2.12. The first kappa shape index (κ1) is 13.2. The predicted octanol–water partition coefficient (Wildman–Crippen LogP) is 2.49. The lowest BCUT2D eigenvalue weighted by atomic mass is 10.3. The number of anilines is 1. The van der Waals surface area contributed by atoms with Crippen LogP contribution in [-0.2, 0) is 0 Å². The quantitative estimate of drug-likeness (QED) is 0.754. The summed E-state index contributed by atoms with van der Waals surface area (Å²) < 4.78 is 5.34. The van der Waals surface area contributed by atoms with E-state index < -0.39 is 0 Å². The Balaban J connectivity index is 2.86. The number of halogens is 1. The van der Waals surface area contributed by atoms with Gasteiger partial charge in [0, 0.05) is 17.9 Å². The minimum absolute atomic E-state index is 0.392. The lowest BCUT2D eigenvalue weighted by Gasteiger charge is -2.26. The number of hydrogen-bond donors (Lipinski definition) is 0. The molecule has 0 spiro atoms. The van der Waals surface area contributed by atoms with Gasteiger partial charge in [-0.25, -0.2) is 0 Å². The van der Waals surface area contributed by atoms with E-state index >= 15 is 0 Å². The van der Waals surface area contributed by atoms with Crippen LogP contribution in [0.1, 0.15) is 20.8 Å². The first-order chi connectivity index (χ1) is 7.69. The van der Waals surface area contributed by atoms with Crippen molar-refractivity contribution in [2.75, 3.05) is 23.4 Å². The Kier molecular flexibility index (Phi) is 5.52. The molecule has 1 aromatic heterocycles. The van der Waals surface area contributed by atoms with Gasteiger partial charge in [-0.1, -0.05) is 15.9 Å². The van der Waals surface area contributed by atoms with Crippen molar-refractivity contribution in [1.82, 2.24) is 9.97 Å². The maximum Gasteiger partial charge on any atom is 0.234 e. The van der Waals surface area contributed by atoms with Gasteiger partial charge < -0.3 is 9.64 Å². The Hall–Kier alpha value is -0.840. The van der Waals surface area contributed by atoms with Crippen molar-refractivity contribution < 1.29 is 4.74 Å². The summed E-state index contributed by atoms with van der Waals surface area (Å²) in [7, 11) is 0. The molecule has 0 fully saturated rings. The first-order valence-corrected chi connectivity index (χ1v) is 6.58. The number of hydrogen-bond acceptors (Lipinski definition) is 4. The fraction of sp³-hybridized carbons (Fsp3) is 0.636. The maximum atomic E-state index is 5.34. The number of ether oxygens (including phenoxy) is 1. The van der Waals surface area contributed by atoms with E-state index in [0.29, 0.717) is 18.5 Å². The van der Waals surface area contributed by atoms with Gasteiger partial charge in [-0.05, 0) is 20.8 Å². The van der Waals surface area contributed by atoms with Gasteiger partial charge in [0.1, 0.15) is 0 Å². The molecule has 0 amide bonds. The fourth-order valence-corrected chi connectivity index (χ4v) is 1.80. The molecule has 5 heteroatoms. The van der Waals surface area contributed by atoms with Gasteiger partial charge in [-0.2, -0.15) is 4.98 Å². The van der Waals surface area contributed by atoms with Crippen molar-refractivity contribution in [3.05, 3.63) is 12.4 Å². The van der Waals surface area contributed by atoms with Crippen molar-refractivity contribution >= 4 is 21.7 Å². The van der Waals surface area contributed by atoms with Crippen LogP contribution in [0.4, 0.5) is 5.82 Å². The second-order valence-electron chi connectivity index (χ2n) is 3.62. The number of alkyl halides is 1. The van der Waals surface area contributed by atoms with Crippen molar-refractivity contribution in [2.24, 2.45) is 0 Å². The van der Waals surface area contributed by atoms with Gasteiger partial charge in [0.15, 0.2) is 5.82 Å². The van der Waals surface area contributed by atoms with E-state index in [2.05, 4.69) is 44.6 Å². The number of rotatable bonds is 6. The van der Waals surface area contributed by atoms with Crippen molar-refractivity contribution in [3.8, 4) is 5.88 Å². The Morgan fingerprint density at radius 2 is 2.19 bits per heavy atom. The molecule has 0 unspecified atom stereocenters. The highest BCUT2D eigenvalue weighted by molar-refractivity contribution is 9.09. The van der Waals surface area contributed by atoms with Crippen molar-refractivity contribution in [2.45, 2.75) is 26.8 Å². The molecule has 0 N–H and O–H groups in total. The van der Waals surface area contributed by atoms with Crippen LogP contribution in [0.25, 0.3) is 0 Å². The molecule has 0 bridgehead atoms. The molecule has 90 valence electrons. The lowest BCUT2D eigenvalue weighted by Crippen LogP contribution is -2.33. The largest absolute Gasteiger partial charge is 0.477 e. The van der Waals surface area contributed by atoms with Crippen LogP contribution in [0.5, 0.6) is 5.88 Å². The minimum Gasteiger partial charge on any atom is -0.477 e. The first-order valence-electron chi connectivity index (χ1n) is 5.46. The Morgan fingerprint density at radius 1 is 1.44 bits per heavy atom. The average molecular weight is 288 g/mol. The molecule has 0 saturated heterocycles. The summed E-state index contributed by atoms with van der Waals surface area (Å²) in [6.45, 7) is 7.72. The fourth-order valence-electron chi connectivity index (χ4n) is 1.42. The van der Waals surface area contributed by atoms with E-state index in [0.717, 1.165) is 17.7 Å². The zero-order valence-corrected chi connectivity index (χ0v) is 11.6. The summed E-state index contributed by atoms with van der Waals surface area (Å²) in [4.78, 5) is 10.8. The van der Waals surface area contributed by atoms with E-state index in [-0.39, 0.29) is 0 Å². The van der Waals surface area contributed by atoms with E-state index in [9.17, 15) is 0 Å². The van der Waals surface area contributed by atoms with Crippen LogP contribution < -0.4 is 9.64 Å². The second kappa shape index (κ2) is 6.68. The van der Waals surface area contributed by atoms with Crippen molar-refractivity contribution in [3.63, 3.8) is 0 Å². The predicted molar refractivity (Wildman–Crippen MR) is 69.5 cm³/mol. The third-order valence-corrected chi connectivity index (χ3v) is 2.49. The van der Waals surface area contributed by atoms with Gasteiger partial charge in [-0.15, -0.1) is 0 Å². The molecule has 1 aromatic rings. The molecule has 0 saturated carbocycles. The summed E-state index contributed by atoms with van der Waals surface area (Å²) in [6.07, 6.45) is 3.41. The van der Waals surface area contributed by atoms with Crippen LogP contribution in [-0.4, -0.2) is 34.5 Å². The Morgan fingerprint density at radius 3 is 2.75 bits per heavy atom. The molecule has 16 heavy (non-hydrogen) atoms. The summed E-state index contributed by atoms with van der Waals surface area (Å²) in [5.41, 5.74) is 0. The molecule has 0 atom stereocenters. The minimum atomic E-state index is 0.392. The molecule has 1 rings (SSSR count).